The molecule has 0 saturated heterocycles. The Morgan fingerprint density at radius 2 is 1.66 bits per heavy atom. The summed E-state index contributed by atoms with van der Waals surface area (Å²) in [6.45, 7) is 0.819. The van der Waals surface area contributed by atoms with Gasteiger partial charge in [0.05, 0.1) is 21.3 Å². The molecule has 6 nitrogen and oxygen atoms in total. The summed E-state index contributed by atoms with van der Waals surface area (Å²) in [5, 5.41) is 3.99. The number of amides is 2. The molecule has 8 heteroatoms. The summed E-state index contributed by atoms with van der Waals surface area (Å²) in [5.41, 5.74) is 8.80. The second-order valence-electron chi connectivity index (χ2n) is 7.69. The first-order valence-corrected chi connectivity index (χ1v) is 11.6. The maximum absolute atomic E-state index is 13.7. The molecule has 0 atom stereocenters. The summed E-state index contributed by atoms with van der Waals surface area (Å²) >= 11 is 12.8. The molecule has 176 valence electrons. The Balaban J connectivity index is 1.69. The van der Waals surface area contributed by atoms with Crippen LogP contribution >= 0.6 is 23.2 Å². The summed E-state index contributed by atoms with van der Waals surface area (Å²) in [4.78, 5) is 31.2. The summed E-state index contributed by atoms with van der Waals surface area (Å²) in [7, 11) is 0. The second kappa shape index (κ2) is 11.0. The van der Waals surface area contributed by atoms with Gasteiger partial charge in [-0.25, -0.2) is 0 Å². The van der Waals surface area contributed by atoms with Crippen LogP contribution in [0.4, 0.5) is 11.4 Å². The van der Waals surface area contributed by atoms with Crippen molar-refractivity contribution in [2.45, 2.75) is 0 Å². The van der Waals surface area contributed by atoms with Crippen LogP contribution in [0, 0.1) is 0 Å². The molecule has 0 saturated carbocycles. The van der Waals surface area contributed by atoms with Gasteiger partial charge in [-0.3, -0.25) is 14.6 Å². The van der Waals surface area contributed by atoms with E-state index in [0.717, 1.165) is 5.69 Å². The highest BCUT2D eigenvalue weighted by atomic mass is 35.5. The molecule has 35 heavy (non-hydrogen) atoms. The van der Waals surface area contributed by atoms with Gasteiger partial charge < -0.3 is 16.0 Å². The third-order valence-corrected chi connectivity index (χ3v) is 6.01. The molecule has 0 unspecified atom stereocenters. The molecule has 0 spiro atoms. The third-order valence-electron chi connectivity index (χ3n) is 5.37. The van der Waals surface area contributed by atoms with E-state index >= 15 is 0 Å². The number of nitrogens with one attached hydrogen (secondary N) is 1. The van der Waals surface area contributed by atoms with Crippen molar-refractivity contribution < 1.29 is 9.59 Å². The van der Waals surface area contributed by atoms with Crippen molar-refractivity contribution in [3.63, 3.8) is 0 Å². The number of para-hydroxylation sites is 1. The number of pyridine rings is 1. The van der Waals surface area contributed by atoms with Gasteiger partial charge in [-0.15, -0.1) is 0 Å². The number of hydrogen-bond donors (Lipinski definition) is 2. The molecule has 0 aliphatic heterocycles. The van der Waals surface area contributed by atoms with E-state index in [1.54, 1.807) is 23.2 Å². The van der Waals surface area contributed by atoms with Crippen LogP contribution in [0.2, 0.25) is 10.0 Å². The van der Waals surface area contributed by atoms with Crippen molar-refractivity contribution in [1.29, 1.82) is 0 Å². The van der Waals surface area contributed by atoms with Crippen molar-refractivity contribution in [2.24, 2.45) is 5.73 Å². The molecule has 3 aromatic carbocycles. The highest BCUT2D eigenvalue weighted by Crippen LogP contribution is 2.32. The predicted octanol–water partition coefficient (Wildman–Crippen LogP) is 5.91. The van der Waals surface area contributed by atoms with Crippen LogP contribution in [0.5, 0.6) is 0 Å². The summed E-state index contributed by atoms with van der Waals surface area (Å²) in [6.07, 6.45) is 1.69. The Hall–Kier alpha value is -3.87. The first-order chi connectivity index (χ1) is 16.9. The minimum atomic E-state index is -0.618. The fourth-order valence-electron chi connectivity index (χ4n) is 3.60. The van der Waals surface area contributed by atoms with Crippen molar-refractivity contribution in [1.82, 2.24) is 4.98 Å². The zero-order valence-corrected chi connectivity index (χ0v) is 20.1. The van der Waals surface area contributed by atoms with E-state index in [2.05, 4.69) is 10.3 Å². The molecule has 0 aliphatic rings. The van der Waals surface area contributed by atoms with Gasteiger partial charge >= 0.3 is 0 Å². The van der Waals surface area contributed by atoms with Crippen LogP contribution < -0.4 is 16.0 Å². The number of primary amides is 1. The van der Waals surface area contributed by atoms with Crippen LogP contribution in [-0.4, -0.2) is 29.9 Å². The van der Waals surface area contributed by atoms with E-state index in [1.807, 2.05) is 54.6 Å². The Kier molecular flexibility index (Phi) is 7.65. The number of halogens is 2. The van der Waals surface area contributed by atoms with Gasteiger partial charge in [0.2, 0.25) is 5.91 Å². The summed E-state index contributed by atoms with van der Waals surface area (Å²) in [6, 6.07) is 25.0. The largest absolute Gasteiger partial charge is 0.383 e. The lowest BCUT2D eigenvalue weighted by Crippen LogP contribution is -2.35. The van der Waals surface area contributed by atoms with E-state index in [9.17, 15) is 9.59 Å². The van der Waals surface area contributed by atoms with E-state index in [-0.39, 0.29) is 22.1 Å². The Morgan fingerprint density at radius 1 is 0.886 bits per heavy atom. The normalized spacial score (nSPS) is 10.6. The van der Waals surface area contributed by atoms with Crippen molar-refractivity contribution in [2.75, 3.05) is 23.3 Å². The molecule has 4 aromatic rings. The molecule has 0 radical (unpaired) electrons. The highest BCUT2D eigenvalue weighted by molar-refractivity contribution is 6.35. The number of anilines is 2. The number of aromatic nitrogens is 1. The van der Waals surface area contributed by atoms with E-state index in [0.29, 0.717) is 35.1 Å². The third kappa shape index (κ3) is 5.80. The lowest BCUT2D eigenvalue weighted by Gasteiger charge is -2.25. The number of benzene rings is 3. The Morgan fingerprint density at radius 3 is 2.34 bits per heavy atom. The molecule has 1 aromatic heterocycles. The molecule has 2 amide bonds. The fraction of sp³-hybridized carbons (Fsp3) is 0.0741. The van der Waals surface area contributed by atoms with Gasteiger partial charge in [0, 0.05) is 41.8 Å². The van der Waals surface area contributed by atoms with Gasteiger partial charge in [-0.2, -0.15) is 0 Å². The Bertz CT molecular complexity index is 1350. The minimum absolute atomic E-state index is 0.145. The lowest BCUT2D eigenvalue weighted by atomic mass is 10.1. The van der Waals surface area contributed by atoms with Gasteiger partial charge in [0.25, 0.3) is 5.91 Å². The minimum Gasteiger partial charge on any atom is -0.383 e. The van der Waals surface area contributed by atoms with Gasteiger partial charge in [0.1, 0.15) is 0 Å². The standard InChI is InChI=1S/C27H22Cl2N4O2/c28-23-12-10-20(17-22(23)25-8-4-5-13-32-25)33(15-14-31-19-6-2-1-3-7-19)27(35)21-11-9-18(26(30)34)16-24(21)29/h1-13,16-17,31H,14-15H2,(H2,30,34). The molecule has 0 fully saturated rings. The molecule has 3 N–H and O–H groups in total. The first-order valence-electron chi connectivity index (χ1n) is 10.8. The van der Waals surface area contributed by atoms with Crippen molar-refractivity contribution in [3.05, 3.63) is 112 Å². The molecule has 0 bridgehead atoms. The molecule has 1 heterocycles. The van der Waals surface area contributed by atoms with Gasteiger partial charge in [-0.1, -0.05) is 47.5 Å². The molecule has 4 rings (SSSR count). The zero-order valence-electron chi connectivity index (χ0n) is 18.6. The maximum Gasteiger partial charge on any atom is 0.259 e. The topological polar surface area (TPSA) is 88.3 Å². The molecular weight excluding hydrogens is 483 g/mol. The fourth-order valence-corrected chi connectivity index (χ4v) is 4.08. The average molecular weight is 505 g/mol. The number of hydrogen-bond acceptors (Lipinski definition) is 4. The van der Waals surface area contributed by atoms with E-state index in [4.69, 9.17) is 28.9 Å². The van der Waals surface area contributed by atoms with E-state index < -0.39 is 5.91 Å². The van der Waals surface area contributed by atoms with Crippen LogP contribution in [0.3, 0.4) is 0 Å². The van der Waals surface area contributed by atoms with Crippen molar-refractivity contribution >= 4 is 46.4 Å². The average Bonchev–Trinajstić information content (AvgIpc) is 2.88. The number of nitrogens with two attached hydrogens (primary N) is 1. The van der Waals surface area contributed by atoms with Crippen LogP contribution in [0.25, 0.3) is 11.3 Å². The number of carbonyl (C=O) groups excluding carboxylic acids is 2. The Labute approximate surface area is 213 Å². The lowest BCUT2D eigenvalue weighted by molar-refractivity contribution is 0.0981. The number of carbonyl (C=O) groups is 2. The highest BCUT2D eigenvalue weighted by Gasteiger charge is 2.22. The maximum atomic E-state index is 13.7. The van der Waals surface area contributed by atoms with Crippen LogP contribution in [0.15, 0.2) is 91.1 Å². The second-order valence-corrected chi connectivity index (χ2v) is 8.50. The SMILES string of the molecule is NC(=O)c1ccc(C(=O)N(CCNc2ccccc2)c2ccc(Cl)c(-c3ccccn3)c2)c(Cl)c1. The van der Waals surface area contributed by atoms with E-state index in [1.165, 1.54) is 18.2 Å². The first kappa shape index (κ1) is 24.3. The van der Waals surface area contributed by atoms with Crippen molar-refractivity contribution in [3.8, 4) is 11.3 Å². The van der Waals surface area contributed by atoms with Gasteiger partial charge in [0.15, 0.2) is 0 Å². The summed E-state index contributed by atoms with van der Waals surface area (Å²) < 4.78 is 0. The van der Waals surface area contributed by atoms with Gasteiger partial charge in [-0.05, 0) is 60.7 Å². The zero-order chi connectivity index (χ0) is 24.8. The number of nitrogens with zero attached hydrogens (tertiary/aromatic N) is 2. The smallest absolute Gasteiger partial charge is 0.259 e. The molecular formula is C27H22Cl2N4O2. The quantitative estimate of drug-likeness (QED) is 0.312. The van der Waals surface area contributed by atoms with Crippen LogP contribution in [-0.2, 0) is 0 Å². The number of rotatable bonds is 8. The van der Waals surface area contributed by atoms with Crippen LogP contribution in [0.1, 0.15) is 20.7 Å². The molecule has 0 aliphatic carbocycles. The summed E-state index contributed by atoms with van der Waals surface area (Å²) in [5.74, 6) is -0.942. The predicted molar refractivity (Wildman–Crippen MR) is 141 cm³/mol. The monoisotopic (exact) mass is 504 g/mol.